The third kappa shape index (κ3) is 4.96. The second kappa shape index (κ2) is 6.47. The molecule has 0 aromatic heterocycles. The number of carbonyl (C=O) groups is 2. The lowest BCUT2D eigenvalue weighted by atomic mass is 10.3. The number of nitrogens with one attached hydrogen (secondary N) is 1. The first-order chi connectivity index (χ1) is 9.20. The van der Waals surface area contributed by atoms with Crippen molar-refractivity contribution >= 4 is 29.3 Å². The Balaban J connectivity index is 2.59. The number of alkyl halides is 3. The van der Waals surface area contributed by atoms with Gasteiger partial charge < -0.3 is 10.4 Å². The highest BCUT2D eigenvalue weighted by atomic mass is 32.2. The van der Waals surface area contributed by atoms with Crippen LogP contribution in [0.25, 0.3) is 0 Å². The first-order valence-corrected chi connectivity index (χ1v) is 6.21. The SMILES string of the molecule is C=C(CSc1ccc(NC(=O)C(F)(F)F)cc1)C(=O)O. The minimum absolute atomic E-state index is 0.00809. The highest BCUT2D eigenvalue weighted by molar-refractivity contribution is 7.99. The highest BCUT2D eigenvalue weighted by Crippen LogP contribution is 2.23. The fraction of sp³-hybridized carbons (Fsp3) is 0.167. The quantitative estimate of drug-likeness (QED) is 0.648. The molecule has 108 valence electrons. The summed E-state index contributed by atoms with van der Waals surface area (Å²) in [7, 11) is 0. The summed E-state index contributed by atoms with van der Waals surface area (Å²) in [5.74, 6) is -2.99. The third-order valence-electron chi connectivity index (χ3n) is 2.09. The summed E-state index contributed by atoms with van der Waals surface area (Å²) in [4.78, 5) is 21.9. The molecule has 0 heterocycles. The van der Waals surface area contributed by atoms with Gasteiger partial charge in [-0.15, -0.1) is 11.8 Å². The number of anilines is 1. The Hall–Kier alpha value is -1.96. The van der Waals surface area contributed by atoms with Crippen molar-refractivity contribution in [3.63, 3.8) is 0 Å². The van der Waals surface area contributed by atoms with Crippen LogP contribution in [0.5, 0.6) is 0 Å². The van der Waals surface area contributed by atoms with Gasteiger partial charge in [0.25, 0.3) is 0 Å². The number of aliphatic carboxylic acids is 1. The molecule has 1 rings (SSSR count). The first kappa shape index (κ1) is 16.1. The number of carbonyl (C=O) groups excluding carboxylic acids is 1. The lowest BCUT2D eigenvalue weighted by Crippen LogP contribution is -2.29. The Morgan fingerprint density at radius 1 is 1.25 bits per heavy atom. The van der Waals surface area contributed by atoms with Gasteiger partial charge in [-0.3, -0.25) is 4.79 Å². The summed E-state index contributed by atoms with van der Waals surface area (Å²) in [5, 5.41) is 10.3. The zero-order chi connectivity index (χ0) is 15.3. The minimum Gasteiger partial charge on any atom is -0.478 e. The number of carboxylic acids is 1. The van der Waals surface area contributed by atoms with Crippen molar-refractivity contribution in [3.8, 4) is 0 Å². The van der Waals surface area contributed by atoms with Crippen molar-refractivity contribution in [2.24, 2.45) is 0 Å². The Morgan fingerprint density at radius 2 is 1.80 bits per heavy atom. The molecule has 0 spiro atoms. The second-order valence-electron chi connectivity index (χ2n) is 3.67. The maximum Gasteiger partial charge on any atom is 0.471 e. The topological polar surface area (TPSA) is 66.4 Å². The van der Waals surface area contributed by atoms with Gasteiger partial charge in [-0.05, 0) is 24.3 Å². The maximum atomic E-state index is 12.0. The summed E-state index contributed by atoms with van der Waals surface area (Å²) in [5.41, 5.74) is 0.0261. The fourth-order valence-corrected chi connectivity index (χ4v) is 1.86. The summed E-state index contributed by atoms with van der Waals surface area (Å²) >= 11 is 1.17. The molecule has 8 heteroatoms. The van der Waals surface area contributed by atoms with Crippen molar-refractivity contribution in [1.82, 2.24) is 0 Å². The fourth-order valence-electron chi connectivity index (χ4n) is 1.07. The number of carboxylic acid groups (broad SMARTS) is 1. The third-order valence-corrected chi connectivity index (χ3v) is 3.18. The van der Waals surface area contributed by atoms with Crippen LogP contribution in [-0.2, 0) is 9.59 Å². The summed E-state index contributed by atoms with van der Waals surface area (Å²) in [6.45, 7) is 3.35. The molecule has 0 aliphatic heterocycles. The van der Waals surface area contributed by atoms with E-state index in [9.17, 15) is 22.8 Å². The Kier molecular flexibility index (Phi) is 5.20. The van der Waals surface area contributed by atoms with Gasteiger partial charge in [-0.2, -0.15) is 13.2 Å². The number of thioether (sulfide) groups is 1. The normalized spacial score (nSPS) is 10.9. The average molecular weight is 305 g/mol. The van der Waals surface area contributed by atoms with Crippen molar-refractivity contribution in [1.29, 1.82) is 0 Å². The van der Waals surface area contributed by atoms with Crippen LogP contribution in [0.4, 0.5) is 18.9 Å². The van der Waals surface area contributed by atoms with E-state index in [1.54, 1.807) is 5.32 Å². The molecule has 2 N–H and O–H groups in total. The van der Waals surface area contributed by atoms with E-state index >= 15 is 0 Å². The van der Waals surface area contributed by atoms with Crippen molar-refractivity contribution in [2.45, 2.75) is 11.1 Å². The molecule has 0 saturated carbocycles. The highest BCUT2D eigenvalue weighted by Gasteiger charge is 2.38. The zero-order valence-electron chi connectivity index (χ0n) is 10.0. The van der Waals surface area contributed by atoms with Gasteiger partial charge in [0.05, 0.1) is 0 Å². The Labute approximate surface area is 116 Å². The van der Waals surface area contributed by atoms with Crippen LogP contribution in [0.2, 0.25) is 0 Å². The Bertz CT molecular complexity index is 526. The van der Waals surface area contributed by atoms with E-state index in [1.165, 1.54) is 36.0 Å². The molecular formula is C12H10F3NO3S. The molecule has 0 aliphatic rings. The molecule has 1 aromatic rings. The molecule has 0 atom stereocenters. The van der Waals surface area contributed by atoms with Crippen LogP contribution < -0.4 is 5.32 Å². The monoisotopic (exact) mass is 305 g/mol. The zero-order valence-corrected chi connectivity index (χ0v) is 10.8. The van der Waals surface area contributed by atoms with Crippen LogP contribution in [0.3, 0.4) is 0 Å². The van der Waals surface area contributed by atoms with Crippen LogP contribution in [0.15, 0.2) is 41.3 Å². The number of hydrogen-bond acceptors (Lipinski definition) is 3. The van der Waals surface area contributed by atoms with Crippen LogP contribution in [-0.4, -0.2) is 28.9 Å². The molecule has 0 unspecified atom stereocenters. The van der Waals surface area contributed by atoms with E-state index in [2.05, 4.69) is 6.58 Å². The number of hydrogen-bond donors (Lipinski definition) is 2. The average Bonchev–Trinajstić information content (AvgIpc) is 2.36. The maximum absolute atomic E-state index is 12.0. The van der Waals surface area contributed by atoms with Crippen LogP contribution in [0, 0.1) is 0 Å². The van der Waals surface area contributed by atoms with E-state index in [0.717, 1.165) is 0 Å². The molecule has 4 nitrogen and oxygen atoms in total. The van der Waals surface area contributed by atoms with Gasteiger partial charge in [0.2, 0.25) is 0 Å². The van der Waals surface area contributed by atoms with Crippen molar-refractivity contribution in [3.05, 3.63) is 36.4 Å². The molecule has 0 fully saturated rings. The number of amides is 1. The standard InChI is InChI=1S/C12H10F3NO3S/c1-7(10(17)18)6-20-9-4-2-8(3-5-9)16-11(19)12(13,14)15/h2-5H,1,6H2,(H,16,19)(H,17,18). The predicted octanol–water partition coefficient (Wildman–Crippen LogP) is 2.92. The van der Waals surface area contributed by atoms with Crippen molar-refractivity contribution in [2.75, 3.05) is 11.1 Å². The number of benzene rings is 1. The molecule has 0 saturated heterocycles. The van der Waals surface area contributed by atoms with E-state index in [4.69, 9.17) is 5.11 Å². The largest absolute Gasteiger partial charge is 0.478 e. The van der Waals surface area contributed by atoms with Crippen LogP contribution in [0.1, 0.15) is 0 Å². The molecule has 0 bridgehead atoms. The molecule has 1 amide bonds. The molecule has 0 aliphatic carbocycles. The van der Waals surface area contributed by atoms with Gasteiger partial charge in [-0.25, -0.2) is 4.79 Å². The smallest absolute Gasteiger partial charge is 0.471 e. The first-order valence-electron chi connectivity index (χ1n) is 5.22. The van der Waals surface area contributed by atoms with Crippen molar-refractivity contribution < 1.29 is 27.9 Å². The Morgan fingerprint density at radius 3 is 2.25 bits per heavy atom. The molecule has 20 heavy (non-hydrogen) atoms. The lowest BCUT2D eigenvalue weighted by Gasteiger charge is -2.08. The van der Waals surface area contributed by atoms with Gasteiger partial charge >= 0.3 is 18.1 Å². The van der Waals surface area contributed by atoms with E-state index in [0.29, 0.717) is 4.90 Å². The summed E-state index contributed by atoms with van der Waals surface area (Å²) in [6, 6.07) is 5.56. The molecule has 0 radical (unpaired) electrons. The summed E-state index contributed by atoms with van der Waals surface area (Å²) in [6.07, 6.45) is -4.94. The van der Waals surface area contributed by atoms with E-state index < -0.39 is 18.1 Å². The van der Waals surface area contributed by atoms with Gasteiger partial charge in [-0.1, -0.05) is 6.58 Å². The van der Waals surface area contributed by atoms with E-state index in [1.807, 2.05) is 0 Å². The van der Waals surface area contributed by atoms with Gasteiger partial charge in [0.1, 0.15) is 0 Å². The van der Waals surface area contributed by atoms with Crippen LogP contribution >= 0.6 is 11.8 Å². The minimum atomic E-state index is -4.94. The summed E-state index contributed by atoms with van der Waals surface area (Å²) < 4.78 is 36.1. The number of rotatable bonds is 5. The second-order valence-corrected chi connectivity index (χ2v) is 4.72. The lowest BCUT2D eigenvalue weighted by molar-refractivity contribution is -0.167. The molecule has 1 aromatic carbocycles. The van der Waals surface area contributed by atoms with Gasteiger partial charge in [0, 0.05) is 21.9 Å². The molecular weight excluding hydrogens is 295 g/mol. The predicted molar refractivity (Wildman–Crippen MR) is 68.6 cm³/mol. The van der Waals surface area contributed by atoms with E-state index in [-0.39, 0.29) is 17.0 Å². The van der Waals surface area contributed by atoms with Gasteiger partial charge in [0.15, 0.2) is 0 Å². The number of halogens is 3.